The molecule has 8 N–H and O–H groups in total. The van der Waals surface area contributed by atoms with E-state index >= 15 is 0 Å². The van der Waals surface area contributed by atoms with Crippen LogP contribution >= 0.6 is 11.8 Å². The van der Waals surface area contributed by atoms with Gasteiger partial charge in [0.25, 0.3) is 5.91 Å². The lowest BCUT2D eigenvalue weighted by molar-refractivity contribution is -0.126. The van der Waals surface area contributed by atoms with Gasteiger partial charge >= 0.3 is 0 Å². The average Bonchev–Trinajstić information content (AvgIpc) is 2.99. The molecule has 1 saturated carbocycles. The van der Waals surface area contributed by atoms with Crippen molar-refractivity contribution in [3.8, 4) is 5.75 Å². The highest BCUT2D eigenvalue weighted by molar-refractivity contribution is 8.26. The summed E-state index contributed by atoms with van der Waals surface area (Å²) in [4.78, 5) is 42.9. The largest absolute Gasteiger partial charge is 0.515 e. The van der Waals surface area contributed by atoms with Crippen molar-refractivity contribution in [2.24, 2.45) is 5.92 Å². The molecule has 0 radical (unpaired) electrons. The van der Waals surface area contributed by atoms with E-state index in [0.29, 0.717) is 43.5 Å². The molecule has 12 nitrogen and oxygen atoms in total. The van der Waals surface area contributed by atoms with Gasteiger partial charge in [0.15, 0.2) is 11.4 Å². The number of aromatic amines is 1. The molecule has 0 bridgehead atoms. The normalized spacial score (nSPS) is 18.5. The first-order chi connectivity index (χ1) is 20.4. The first-order valence-corrected chi connectivity index (χ1v) is 14.0. The number of aliphatic hydroxyl groups excluding tert-OH is 1. The number of carbonyl (C=O) groups excluding carboxylic acids is 2. The number of hydrogen-bond acceptors (Lipinski definition) is 10. The van der Waals surface area contributed by atoms with Crippen molar-refractivity contribution in [2.75, 3.05) is 20.6 Å². The summed E-state index contributed by atoms with van der Waals surface area (Å²) in [6, 6.07) is 2.91. The highest BCUT2D eigenvalue weighted by atomic mass is 32.2. The van der Waals surface area contributed by atoms with E-state index in [2.05, 4.69) is 15.6 Å². The van der Waals surface area contributed by atoms with Gasteiger partial charge in [-0.15, -0.1) is 0 Å². The lowest BCUT2D eigenvalue weighted by atomic mass is 9.80. The zero-order valence-electron chi connectivity index (χ0n) is 23.5. The second-order valence-electron chi connectivity index (χ2n) is 10.0. The molecular weight excluding hydrogens is 584 g/mol. The number of thioether (sulfide) groups is 1. The number of aromatic nitrogens is 1. The fourth-order valence-electron chi connectivity index (χ4n) is 4.84. The third kappa shape index (κ3) is 7.53. The standard InChI is InChI=1S/C28H33F2N7O5S/c1-34-28(7-5-16(6-8-28)26(41)36-12-15(11-31)14-38)37(2)27(42)22-24(40)23(39)19(13-35-22)25(33)43-21(32)9-17-3-4-18(29)10-20(17)30/h3-4,10-11,13-14,16,31-34,38,40H,5-9,12H2,1-2H3,(H,35,39)(H,36,41)/b15-14+,31-11?,32-21?,33-25?. The smallest absolute Gasteiger partial charge is 0.275 e. The number of amides is 2. The quantitative estimate of drug-likeness (QED) is 0.0865. The number of rotatable bonds is 10. The molecule has 1 heterocycles. The molecule has 43 heavy (non-hydrogen) atoms. The average molecular weight is 618 g/mol. The Bertz CT molecular complexity index is 1520. The van der Waals surface area contributed by atoms with E-state index in [1.807, 2.05) is 0 Å². The molecule has 0 atom stereocenters. The Morgan fingerprint density at radius 3 is 2.51 bits per heavy atom. The van der Waals surface area contributed by atoms with Gasteiger partial charge in [0.2, 0.25) is 11.3 Å². The molecule has 1 fully saturated rings. The predicted octanol–water partition coefficient (Wildman–Crippen LogP) is 3.02. The van der Waals surface area contributed by atoms with Crippen molar-refractivity contribution < 1.29 is 28.6 Å². The monoisotopic (exact) mass is 617 g/mol. The molecule has 1 aromatic carbocycles. The minimum atomic E-state index is -1.01. The van der Waals surface area contributed by atoms with E-state index in [0.717, 1.165) is 24.7 Å². The van der Waals surface area contributed by atoms with Crippen molar-refractivity contribution in [2.45, 2.75) is 37.8 Å². The third-order valence-electron chi connectivity index (χ3n) is 7.52. The lowest BCUT2D eigenvalue weighted by Crippen LogP contribution is -2.60. The van der Waals surface area contributed by atoms with Crippen molar-refractivity contribution in [3.63, 3.8) is 0 Å². The summed E-state index contributed by atoms with van der Waals surface area (Å²) in [6.45, 7) is 0.0113. The van der Waals surface area contributed by atoms with Gasteiger partial charge in [-0.25, -0.2) is 8.78 Å². The van der Waals surface area contributed by atoms with Crippen LogP contribution in [0.1, 0.15) is 47.3 Å². The molecule has 2 amide bonds. The third-order valence-corrected chi connectivity index (χ3v) is 8.34. The number of nitrogens with one attached hydrogen (secondary N) is 6. The molecule has 230 valence electrons. The molecule has 0 unspecified atom stereocenters. The summed E-state index contributed by atoms with van der Waals surface area (Å²) < 4.78 is 27.1. The second-order valence-corrected chi connectivity index (χ2v) is 11.1. The van der Waals surface area contributed by atoms with Crippen molar-refractivity contribution in [1.82, 2.24) is 20.5 Å². The molecule has 0 saturated heterocycles. The molecule has 0 spiro atoms. The first kappa shape index (κ1) is 33.1. The zero-order valence-corrected chi connectivity index (χ0v) is 24.3. The van der Waals surface area contributed by atoms with Gasteiger partial charge in [-0.2, -0.15) is 0 Å². The number of halogens is 2. The van der Waals surface area contributed by atoms with E-state index in [4.69, 9.17) is 21.3 Å². The van der Waals surface area contributed by atoms with E-state index in [1.165, 1.54) is 18.0 Å². The SMILES string of the molecule is CNC1(N(C)C(=O)c2[nH]cc(C(=N)SC(=N)Cc3ccc(F)cc3F)c(=O)c2O)CCC(C(=O)NC/C(C=N)=C/O)CC1. The molecule has 1 aliphatic rings. The number of carbonyl (C=O) groups is 2. The lowest BCUT2D eigenvalue weighted by Gasteiger charge is -2.46. The van der Waals surface area contributed by atoms with Crippen LogP contribution in [0.5, 0.6) is 5.75 Å². The maximum atomic E-state index is 13.9. The van der Waals surface area contributed by atoms with Crippen LogP contribution in [0.15, 0.2) is 41.0 Å². The molecule has 3 rings (SSSR count). The summed E-state index contributed by atoms with van der Waals surface area (Å²) in [5.41, 5.74) is -2.32. The Labute approximate surface area is 250 Å². The minimum absolute atomic E-state index is 0.0113. The van der Waals surface area contributed by atoms with Crippen molar-refractivity contribution in [3.05, 3.63) is 74.9 Å². The Morgan fingerprint density at radius 2 is 1.93 bits per heavy atom. The number of H-pyrrole nitrogens is 1. The Kier molecular flexibility index (Phi) is 10.9. The van der Waals surface area contributed by atoms with Crippen LogP contribution in [0, 0.1) is 33.8 Å². The van der Waals surface area contributed by atoms with Crippen LogP contribution in [0.3, 0.4) is 0 Å². The van der Waals surface area contributed by atoms with Gasteiger partial charge in [0.05, 0.1) is 22.5 Å². The fraction of sp³-hybridized carbons (Fsp3) is 0.357. The summed E-state index contributed by atoms with van der Waals surface area (Å²) in [7, 11) is 3.16. The minimum Gasteiger partial charge on any atom is -0.515 e. The van der Waals surface area contributed by atoms with Crippen LogP contribution in [-0.2, 0) is 11.2 Å². The van der Waals surface area contributed by atoms with Gasteiger partial charge in [-0.05, 0) is 44.4 Å². The maximum absolute atomic E-state index is 13.9. The maximum Gasteiger partial charge on any atom is 0.275 e. The summed E-state index contributed by atoms with van der Waals surface area (Å²) in [6.07, 6.45) is 4.10. The van der Waals surface area contributed by atoms with Crippen LogP contribution in [0.2, 0.25) is 0 Å². The number of pyridine rings is 1. The van der Waals surface area contributed by atoms with Gasteiger partial charge in [-0.1, -0.05) is 17.8 Å². The molecule has 15 heteroatoms. The summed E-state index contributed by atoms with van der Waals surface area (Å²) in [5, 5.41) is 48.4. The summed E-state index contributed by atoms with van der Waals surface area (Å²) in [5.74, 6) is -3.82. The van der Waals surface area contributed by atoms with Crippen molar-refractivity contribution >= 4 is 39.9 Å². The van der Waals surface area contributed by atoms with Gasteiger partial charge < -0.3 is 30.8 Å². The molecule has 1 aromatic heterocycles. The van der Waals surface area contributed by atoms with Gasteiger partial charge in [0, 0.05) is 50.0 Å². The van der Waals surface area contributed by atoms with Gasteiger partial charge in [-0.3, -0.25) is 30.5 Å². The Hall–Kier alpha value is -4.37. The highest BCUT2D eigenvalue weighted by Gasteiger charge is 2.42. The predicted molar refractivity (Wildman–Crippen MR) is 159 cm³/mol. The number of aromatic hydroxyl groups is 1. The van der Waals surface area contributed by atoms with Crippen molar-refractivity contribution in [1.29, 1.82) is 16.2 Å². The number of benzene rings is 1. The highest BCUT2D eigenvalue weighted by Crippen LogP contribution is 2.35. The van der Waals surface area contributed by atoms with Gasteiger partial charge in [0.1, 0.15) is 16.7 Å². The van der Waals surface area contributed by atoms with Crippen LogP contribution in [0.25, 0.3) is 0 Å². The Morgan fingerprint density at radius 1 is 1.26 bits per heavy atom. The van der Waals surface area contributed by atoms with Crippen LogP contribution in [0.4, 0.5) is 8.78 Å². The summed E-state index contributed by atoms with van der Waals surface area (Å²) >= 11 is 0.550. The zero-order chi connectivity index (χ0) is 31.9. The van der Waals surface area contributed by atoms with E-state index in [-0.39, 0.29) is 46.5 Å². The number of aliphatic hydroxyl groups is 1. The van der Waals surface area contributed by atoms with E-state index in [9.17, 15) is 28.3 Å². The topological polar surface area (TPSA) is 206 Å². The van der Waals surface area contributed by atoms with Crippen LogP contribution < -0.4 is 16.1 Å². The molecule has 1 aliphatic carbocycles. The van der Waals surface area contributed by atoms with E-state index in [1.54, 1.807) is 7.05 Å². The fourth-order valence-corrected chi connectivity index (χ4v) is 5.58. The van der Waals surface area contributed by atoms with Crippen LogP contribution in [-0.4, -0.2) is 74.5 Å². The first-order valence-electron chi connectivity index (χ1n) is 13.2. The molecular formula is C28H33F2N7O5S. The molecule has 0 aliphatic heterocycles. The second kappa shape index (κ2) is 14.2. The molecule has 2 aromatic rings. The number of nitrogens with zero attached hydrogens (tertiary/aromatic N) is 1. The van der Waals surface area contributed by atoms with E-state index < -0.39 is 45.1 Å². The Balaban J connectivity index is 1.68. The number of hydrogen-bond donors (Lipinski definition) is 8.